The van der Waals surface area contributed by atoms with Gasteiger partial charge in [0.1, 0.15) is 34.8 Å². The van der Waals surface area contributed by atoms with Crippen LogP contribution in [0.15, 0.2) is 40.1 Å². The zero-order valence-electron chi connectivity index (χ0n) is 10.6. The molecule has 98 valence electrons. The van der Waals surface area contributed by atoms with E-state index >= 15 is 0 Å². The molecule has 0 aliphatic rings. The molecule has 0 atom stereocenters. The van der Waals surface area contributed by atoms with E-state index < -0.39 is 0 Å². The van der Waals surface area contributed by atoms with Crippen molar-refractivity contribution in [1.29, 1.82) is 10.5 Å². The van der Waals surface area contributed by atoms with Gasteiger partial charge in [0, 0.05) is 11.0 Å². The standard InChI is InChI=1S/C15H10N2O2S/c1-9-2-4-10(5-3-9)20-15-11(7-16)13(18)6-14(19)12(15)8-17/h2-6,18-19H,1H3. The van der Waals surface area contributed by atoms with Crippen LogP contribution in [0.2, 0.25) is 0 Å². The number of hydrogen-bond acceptors (Lipinski definition) is 5. The third kappa shape index (κ3) is 2.54. The molecule has 0 amide bonds. The highest BCUT2D eigenvalue weighted by molar-refractivity contribution is 7.99. The largest absolute Gasteiger partial charge is 0.506 e. The Kier molecular flexibility index (Phi) is 3.84. The first-order valence-electron chi connectivity index (χ1n) is 5.70. The topological polar surface area (TPSA) is 88.0 Å². The maximum absolute atomic E-state index is 9.71. The Labute approximate surface area is 120 Å². The van der Waals surface area contributed by atoms with E-state index in [4.69, 9.17) is 10.5 Å². The summed E-state index contributed by atoms with van der Waals surface area (Å²) < 4.78 is 0. The summed E-state index contributed by atoms with van der Waals surface area (Å²) in [6.07, 6.45) is 0. The van der Waals surface area contributed by atoms with Crippen LogP contribution in [-0.4, -0.2) is 10.2 Å². The van der Waals surface area contributed by atoms with Gasteiger partial charge in [0.15, 0.2) is 0 Å². The Hall–Kier alpha value is -2.63. The summed E-state index contributed by atoms with van der Waals surface area (Å²) in [5, 5.41) is 37.7. The van der Waals surface area contributed by atoms with Gasteiger partial charge in [-0.15, -0.1) is 0 Å². The van der Waals surface area contributed by atoms with Gasteiger partial charge in [0.2, 0.25) is 0 Å². The third-order valence-corrected chi connectivity index (χ3v) is 3.82. The second-order valence-corrected chi connectivity index (χ2v) is 5.22. The van der Waals surface area contributed by atoms with Crippen LogP contribution < -0.4 is 0 Å². The van der Waals surface area contributed by atoms with Crippen LogP contribution in [0.3, 0.4) is 0 Å². The van der Waals surface area contributed by atoms with Crippen molar-refractivity contribution >= 4 is 11.8 Å². The Bertz CT molecular complexity index is 702. The molecule has 2 rings (SSSR count). The van der Waals surface area contributed by atoms with Gasteiger partial charge in [-0.25, -0.2) is 0 Å². The minimum atomic E-state index is -0.335. The summed E-state index contributed by atoms with van der Waals surface area (Å²) in [5.41, 5.74) is 1.07. The van der Waals surface area contributed by atoms with Crippen molar-refractivity contribution in [3.8, 4) is 23.6 Å². The van der Waals surface area contributed by atoms with Gasteiger partial charge in [-0.2, -0.15) is 10.5 Å². The average Bonchev–Trinajstić information content (AvgIpc) is 2.41. The summed E-state index contributed by atoms with van der Waals surface area (Å²) in [7, 11) is 0. The minimum absolute atomic E-state index is 0.00933. The highest BCUT2D eigenvalue weighted by atomic mass is 32.2. The molecule has 4 nitrogen and oxygen atoms in total. The first kappa shape index (κ1) is 13.8. The summed E-state index contributed by atoms with van der Waals surface area (Å²) in [4.78, 5) is 1.07. The number of hydrogen-bond donors (Lipinski definition) is 2. The van der Waals surface area contributed by atoms with Crippen molar-refractivity contribution in [3.05, 3.63) is 47.0 Å². The molecule has 0 radical (unpaired) electrons. The van der Waals surface area contributed by atoms with E-state index in [1.807, 2.05) is 43.3 Å². The van der Waals surface area contributed by atoms with Crippen LogP contribution in [0, 0.1) is 29.6 Å². The Morgan fingerprint density at radius 1 is 0.950 bits per heavy atom. The van der Waals surface area contributed by atoms with Crippen LogP contribution >= 0.6 is 11.8 Å². The van der Waals surface area contributed by atoms with Gasteiger partial charge in [0.25, 0.3) is 0 Å². The van der Waals surface area contributed by atoms with Crippen molar-refractivity contribution in [3.63, 3.8) is 0 Å². The molecule has 0 aromatic heterocycles. The van der Waals surface area contributed by atoms with Gasteiger partial charge in [0.05, 0.1) is 4.90 Å². The second kappa shape index (κ2) is 5.56. The fraction of sp³-hybridized carbons (Fsp3) is 0.0667. The molecule has 2 aromatic rings. The van der Waals surface area contributed by atoms with Gasteiger partial charge in [-0.3, -0.25) is 0 Å². The Balaban J connectivity index is 2.58. The monoisotopic (exact) mass is 282 g/mol. The molecule has 0 heterocycles. The first-order valence-corrected chi connectivity index (χ1v) is 6.52. The molecule has 0 aliphatic heterocycles. The number of benzene rings is 2. The molecule has 0 spiro atoms. The molecule has 0 aliphatic carbocycles. The van der Waals surface area contributed by atoms with Crippen LogP contribution in [0.5, 0.6) is 11.5 Å². The number of phenolic OH excluding ortho intramolecular Hbond substituents is 2. The number of rotatable bonds is 2. The number of aromatic hydroxyl groups is 2. The lowest BCUT2D eigenvalue weighted by atomic mass is 10.1. The van der Waals surface area contributed by atoms with E-state index in [0.29, 0.717) is 0 Å². The average molecular weight is 282 g/mol. The fourth-order valence-electron chi connectivity index (χ4n) is 1.67. The van der Waals surface area contributed by atoms with Crippen LogP contribution in [-0.2, 0) is 0 Å². The fourth-order valence-corrected chi connectivity index (χ4v) is 2.69. The summed E-state index contributed by atoms with van der Waals surface area (Å²) in [6.45, 7) is 1.95. The molecule has 0 fully saturated rings. The zero-order valence-corrected chi connectivity index (χ0v) is 11.4. The lowest BCUT2D eigenvalue weighted by Gasteiger charge is -2.09. The first-order chi connectivity index (χ1) is 9.56. The highest BCUT2D eigenvalue weighted by Gasteiger charge is 2.18. The molecule has 0 bridgehead atoms. The molecule has 2 aromatic carbocycles. The predicted molar refractivity (Wildman–Crippen MR) is 74.5 cm³/mol. The number of aryl methyl sites for hydroxylation is 1. The molecule has 0 saturated heterocycles. The van der Waals surface area contributed by atoms with Crippen LogP contribution in [0.4, 0.5) is 0 Å². The van der Waals surface area contributed by atoms with Gasteiger partial charge >= 0.3 is 0 Å². The smallest absolute Gasteiger partial charge is 0.138 e. The molecular formula is C15H10N2O2S. The van der Waals surface area contributed by atoms with Gasteiger partial charge in [-0.05, 0) is 19.1 Å². The lowest BCUT2D eigenvalue weighted by molar-refractivity contribution is 0.445. The van der Waals surface area contributed by atoms with E-state index in [1.165, 1.54) is 0 Å². The van der Waals surface area contributed by atoms with Gasteiger partial charge < -0.3 is 10.2 Å². The van der Waals surface area contributed by atoms with Crippen molar-refractivity contribution < 1.29 is 10.2 Å². The number of nitrogens with zero attached hydrogens (tertiary/aromatic N) is 2. The van der Waals surface area contributed by atoms with E-state index in [0.717, 1.165) is 28.3 Å². The van der Waals surface area contributed by atoms with E-state index in [-0.39, 0.29) is 27.5 Å². The van der Waals surface area contributed by atoms with Crippen molar-refractivity contribution in [2.75, 3.05) is 0 Å². The maximum atomic E-state index is 9.71. The van der Waals surface area contributed by atoms with Crippen molar-refractivity contribution in [2.45, 2.75) is 16.7 Å². The predicted octanol–water partition coefficient (Wildman–Crippen LogP) is 3.30. The molecule has 0 saturated carbocycles. The molecule has 20 heavy (non-hydrogen) atoms. The molecule has 2 N–H and O–H groups in total. The summed E-state index contributed by atoms with van der Waals surface area (Å²) in [5.74, 6) is -0.669. The quantitative estimate of drug-likeness (QED) is 0.882. The molecule has 0 unspecified atom stereocenters. The van der Waals surface area contributed by atoms with Crippen LogP contribution in [0.1, 0.15) is 16.7 Å². The van der Waals surface area contributed by atoms with Gasteiger partial charge in [-0.1, -0.05) is 29.5 Å². The Morgan fingerprint density at radius 3 is 1.90 bits per heavy atom. The highest BCUT2D eigenvalue weighted by Crippen LogP contribution is 2.40. The number of phenols is 2. The molecule has 5 heteroatoms. The second-order valence-electron chi connectivity index (χ2n) is 4.13. The molecular weight excluding hydrogens is 272 g/mol. The summed E-state index contributed by atoms with van der Waals surface area (Å²) >= 11 is 1.16. The zero-order chi connectivity index (χ0) is 14.7. The van der Waals surface area contributed by atoms with Crippen molar-refractivity contribution in [1.82, 2.24) is 0 Å². The van der Waals surface area contributed by atoms with E-state index in [2.05, 4.69) is 0 Å². The summed E-state index contributed by atoms with van der Waals surface area (Å²) in [6, 6.07) is 12.3. The third-order valence-electron chi connectivity index (χ3n) is 2.70. The van der Waals surface area contributed by atoms with E-state index in [9.17, 15) is 10.2 Å². The lowest BCUT2D eigenvalue weighted by Crippen LogP contribution is -1.90. The maximum Gasteiger partial charge on any atom is 0.138 e. The van der Waals surface area contributed by atoms with E-state index in [1.54, 1.807) is 0 Å². The SMILES string of the molecule is Cc1ccc(Sc2c(C#N)c(O)cc(O)c2C#N)cc1. The number of nitriles is 2. The van der Waals surface area contributed by atoms with Crippen LogP contribution in [0.25, 0.3) is 0 Å². The minimum Gasteiger partial charge on any atom is -0.506 e. The normalized spacial score (nSPS) is 9.75. The van der Waals surface area contributed by atoms with Crippen molar-refractivity contribution in [2.24, 2.45) is 0 Å². The Morgan fingerprint density at radius 2 is 1.45 bits per heavy atom.